The summed E-state index contributed by atoms with van der Waals surface area (Å²) in [4.78, 5) is 24.6. The Hall–Kier alpha value is -1.06. The molecule has 1 rings (SSSR count). The van der Waals surface area contributed by atoms with E-state index in [2.05, 4.69) is 20.8 Å². The van der Waals surface area contributed by atoms with Crippen LogP contribution in [0, 0.1) is 11.8 Å². The summed E-state index contributed by atoms with van der Waals surface area (Å²) >= 11 is 0. The molecule has 1 aliphatic carbocycles. The van der Waals surface area contributed by atoms with Crippen molar-refractivity contribution in [2.45, 2.75) is 117 Å². The Balaban J connectivity index is 2.21. The van der Waals surface area contributed by atoms with Crippen molar-refractivity contribution < 1.29 is 19.1 Å². The van der Waals surface area contributed by atoms with Crippen LogP contribution in [0.2, 0.25) is 0 Å². The molecule has 0 heterocycles. The van der Waals surface area contributed by atoms with Crippen molar-refractivity contribution in [3.63, 3.8) is 0 Å². The minimum atomic E-state index is -0.0664. The molecule has 0 aromatic rings. The maximum atomic E-state index is 12.4. The van der Waals surface area contributed by atoms with E-state index in [1.54, 1.807) is 0 Å². The monoisotopic (exact) mass is 382 g/mol. The van der Waals surface area contributed by atoms with Crippen LogP contribution in [0.5, 0.6) is 0 Å². The van der Waals surface area contributed by atoms with E-state index in [0.29, 0.717) is 6.61 Å². The second-order valence-corrected chi connectivity index (χ2v) is 8.09. The molecule has 1 saturated carbocycles. The van der Waals surface area contributed by atoms with Crippen molar-refractivity contribution in [3.8, 4) is 0 Å². The third-order valence-corrected chi connectivity index (χ3v) is 5.75. The van der Waals surface area contributed by atoms with Crippen LogP contribution in [0.1, 0.15) is 111 Å². The van der Waals surface area contributed by atoms with Crippen LogP contribution in [0.4, 0.5) is 0 Å². The van der Waals surface area contributed by atoms with Crippen molar-refractivity contribution in [3.05, 3.63) is 0 Å². The fourth-order valence-electron chi connectivity index (χ4n) is 3.79. The summed E-state index contributed by atoms with van der Waals surface area (Å²) in [5, 5.41) is 0. The van der Waals surface area contributed by atoms with Gasteiger partial charge in [-0.25, -0.2) is 0 Å². The van der Waals surface area contributed by atoms with Crippen molar-refractivity contribution in [1.29, 1.82) is 0 Å². The van der Waals surface area contributed by atoms with Crippen LogP contribution in [-0.2, 0) is 19.1 Å². The van der Waals surface area contributed by atoms with Crippen LogP contribution in [-0.4, -0.2) is 24.6 Å². The average molecular weight is 383 g/mol. The third kappa shape index (κ3) is 10.2. The van der Waals surface area contributed by atoms with Gasteiger partial charge in [-0.15, -0.1) is 0 Å². The van der Waals surface area contributed by atoms with Gasteiger partial charge in [-0.2, -0.15) is 0 Å². The zero-order chi connectivity index (χ0) is 19.9. The molecule has 4 nitrogen and oxygen atoms in total. The summed E-state index contributed by atoms with van der Waals surface area (Å²) in [7, 11) is 0. The highest BCUT2D eigenvalue weighted by Gasteiger charge is 2.32. The highest BCUT2D eigenvalue weighted by Crippen LogP contribution is 2.31. The van der Waals surface area contributed by atoms with Crippen molar-refractivity contribution in [2.75, 3.05) is 6.61 Å². The molecule has 0 spiro atoms. The minimum absolute atomic E-state index is 0.0313. The predicted molar refractivity (Wildman–Crippen MR) is 109 cm³/mol. The van der Waals surface area contributed by atoms with E-state index in [9.17, 15) is 9.59 Å². The Labute approximate surface area is 166 Å². The lowest BCUT2D eigenvalue weighted by molar-refractivity contribution is -0.159. The first-order valence-electron chi connectivity index (χ1n) is 11.5. The summed E-state index contributed by atoms with van der Waals surface area (Å²) in [5.41, 5.74) is 0. The molecule has 0 radical (unpaired) electrons. The number of esters is 2. The SMILES string of the molecule is CCCCCCCOC(=O)C1CCC(C(=O)OC(CC)CCCCC)CC1. The largest absolute Gasteiger partial charge is 0.465 e. The standard InChI is InChI=1S/C23H42O4/c1-4-7-9-10-12-18-26-22(24)19-14-16-20(17-15-19)23(25)27-21(6-3)13-11-8-5-2/h19-21H,4-18H2,1-3H3. The first-order valence-corrected chi connectivity index (χ1v) is 11.5. The molecule has 27 heavy (non-hydrogen) atoms. The fraction of sp³-hybridized carbons (Fsp3) is 0.913. The zero-order valence-electron chi connectivity index (χ0n) is 18.0. The van der Waals surface area contributed by atoms with E-state index in [-0.39, 0.29) is 29.9 Å². The predicted octanol–water partition coefficient (Wildman–Crippen LogP) is 6.21. The van der Waals surface area contributed by atoms with Gasteiger partial charge < -0.3 is 9.47 Å². The van der Waals surface area contributed by atoms with Gasteiger partial charge in [0.1, 0.15) is 6.10 Å². The van der Waals surface area contributed by atoms with Crippen LogP contribution in [0.15, 0.2) is 0 Å². The molecular weight excluding hydrogens is 340 g/mol. The molecule has 0 aromatic heterocycles. The van der Waals surface area contributed by atoms with Gasteiger partial charge in [0.2, 0.25) is 0 Å². The van der Waals surface area contributed by atoms with Gasteiger partial charge in [0.15, 0.2) is 0 Å². The number of rotatable bonds is 14. The Morgan fingerprint density at radius 2 is 1.33 bits per heavy atom. The van der Waals surface area contributed by atoms with Crippen LogP contribution in [0.25, 0.3) is 0 Å². The van der Waals surface area contributed by atoms with Crippen molar-refractivity contribution >= 4 is 11.9 Å². The zero-order valence-corrected chi connectivity index (χ0v) is 18.0. The van der Waals surface area contributed by atoms with Gasteiger partial charge in [0.25, 0.3) is 0 Å². The van der Waals surface area contributed by atoms with Crippen LogP contribution >= 0.6 is 0 Å². The van der Waals surface area contributed by atoms with Crippen LogP contribution < -0.4 is 0 Å². The molecule has 0 aromatic carbocycles. The van der Waals surface area contributed by atoms with E-state index in [0.717, 1.165) is 57.8 Å². The highest BCUT2D eigenvalue weighted by molar-refractivity contribution is 5.75. The first-order chi connectivity index (χ1) is 13.1. The lowest BCUT2D eigenvalue weighted by atomic mass is 9.82. The Kier molecular flexibility index (Phi) is 13.3. The topological polar surface area (TPSA) is 52.6 Å². The Morgan fingerprint density at radius 1 is 0.778 bits per heavy atom. The first kappa shape index (κ1) is 24.0. The van der Waals surface area contributed by atoms with Crippen molar-refractivity contribution in [2.24, 2.45) is 11.8 Å². The van der Waals surface area contributed by atoms with Crippen molar-refractivity contribution in [1.82, 2.24) is 0 Å². The second-order valence-electron chi connectivity index (χ2n) is 8.09. The summed E-state index contributed by atoms with van der Waals surface area (Å²) in [6.45, 7) is 7.00. The van der Waals surface area contributed by atoms with Gasteiger partial charge in [-0.3, -0.25) is 9.59 Å². The van der Waals surface area contributed by atoms with E-state index in [4.69, 9.17) is 9.47 Å². The van der Waals surface area contributed by atoms with E-state index < -0.39 is 0 Å². The van der Waals surface area contributed by atoms with Crippen LogP contribution in [0.3, 0.4) is 0 Å². The summed E-state index contributed by atoms with van der Waals surface area (Å²) < 4.78 is 11.2. The molecular formula is C23H42O4. The maximum Gasteiger partial charge on any atom is 0.309 e. The summed E-state index contributed by atoms with van der Waals surface area (Å²) in [6.07, 6.45) is 14.2. The highest BCUT2D eigenvalue weighted by atomic mass is 16.5. The Bertz CT molecular complexity index is 399. The molecule has 0 bridgehead atoms. The fourth-order valence-corrected chi connectivity index (χ4v) is 3.79. The lowest BCUT2D eigenvalue weighted by Gasteiger charge is -2.27. The van der Waals surface area contributed by atoms with Gasteiger partial charge in [0, 0.05) is 0 Å². The lowest BCUT2D eigenvalue weighted by Crippen LogP contribution is -2.30. The second kappa shape index (κ2) is 14.9. The van der Waals surface area contributed by atoms with Gasteiger partial charge in [-0.05, 0) is 51.4 Å². The molecule has 1 fully saturated rings. The van der Waals surface area contributed by atoms with E-state index in [1.807, 2.05) is 0 Å². The van der Waals surface area contributed by atoms with E-state index in [1.165, 1.54) is 32.1 Å². The maximum absolute atomic E-state index is 12.4. The van der Waals surface area contributed by atoms with E-state index >= 15 is 0 Å². The van der Waals surface area contributed by atoms with Gasteiger partial charge >= 0.3 is 11.9 Å². The number of carbonyl (C=O) groups is 2. The molecule has 158 valence electrons. The molecule has 0 saturated heterocycles. The summed E-state index contributed by atoms with van der Waals surface area (Å²) in [6, 6.07) is 0. The number of hydrogen-bond acceptors (Lipinski definition) is 4. The molecule has 1 unspecified atom stereocenters. The average Bonchev–Trinajstić information content (AvgIpc) is 2.69. The molecule has 0 N–H and O–H groups in total. The minimum Gasteiger partial charge on any atom is -0.465 e. The molecule has 0 amide bonds. The summed E-state index contributed by atoms with van der Waals surface area (Å²) in [5.74, 6) is -0.191. The van der Waals surface area contributed by atoms with Gasteiger partial charge in [-0.1, -0.05) is 59.3 Å². The number of ether oxygens (including phenoxy) is 2. The normalized spacial score (nSPS) is 20.9. The molecule has 0 aliphatic heterocycles. The number of hydrogen-bond donors (Lipinski definition) is 0. The molecule has 4 heteroatoms. The Morgan fingerprint density at radius 3 is 1.93 bits per heavy atom. The molecule has 1 atom stereocenters. The quantitative estimate of drug-likeness (QED) is 0.265. The van der Waals surface area contributed by atoms with Gasteiger partial charge in [0.05, 0.1) is 18.4 Å². The smallest absolute Gasteiger partial charge is 0.309 e. The molecule has 1 aliphatic rings. The number of carbonyl (C=O) groups excluding carboxylic acids is 2. The number of unbranched alkanes of at least 4 members (excludes halogenated alkanes) is 6. The third-order valence-electron chi connectivity index (χ3n) is 5.75.